The molecule has 1 atom stereocenters. The summed E-state index contributed by atoms with van der Waals surface area (Å²) >= 11 is 0. The van der Waals surface area contributed by atoms with Gasteiger partial charge in [-0.1, -0.05) is 72.8 Å². The quantitative estimate of drug-likeness (QED) is 0.623. The topological polar surface area (TPSA) is 38.3 Å². The van der Waals surface area contributed by atoms with Gasteiger partial charge in [0.1, 0.15) is 5.75 Å². The summed E-state index contributed by atoms with van der Waals surface area (Å²) in [7, 11) is 0. The van der Waals surface area contributed by atoms with Gasteiger partial charge in [0.05, 0.1) is 0 Å². The average molecular weight is 359 g/mol. The smallest absolute Gasteiger partial charge is 0.258 e. The Balaban J connectivity index is 1.42. The van der Waals surface area contributed by atoms with Crippen LogP contribution in [0.5, 0.6) is 5.75 Å². The third-order valence-corrected chi connectivity index (χ3v) is 4.45. The molecule has 0 radical (unpaired) electrons. The maximum atomic E-state index is 12.1. The number of amides is 1. The van der Waals surface area contributed by atoms with Gasteiger partial charge in [0.25, 0.3) is 5.91 Å². The molecule has 3 rings (SSSR count). The number of ether oxygens (including phenoxy) is 1. The molecule has 0 aliphatic rings. The summed E-state index contributed by atoms with van der Waals surface area (Å²) in [6, 6.07) is 28.4. The number of aryl methyl sites for hydroxylation is 1. The van der Waals surface area contributed by atoms with Crippen LogP contribution in [0, 0.1) is 0 Å². The van der Waals surface area contributed by atoms with Crippen molar-refractivity contribution in [2.24, 2.45) is 0 Å². The van der Waals surface area contributed by atoms with Crippen LogP contribution in [0.2, 0.25) is 0 Å². The summed E-state index contributed by atoms with van der Waals surface area (Å²) < 4.78 is 5.61. The zero-order valence-corrected chi connectivity index (χ0v) is 15.6. The number of hydrogen-bond acceptors (Lipinski definition) is 2. The van der Waals surface area contributed by atoms with Crippen LogP contribution in [-0.4, -0.2) is 18.6 Å². The van der Waals surface area contributed by atoms with Crippen molar-refractivity contribution < 1.29 is 9.53 Å². The van der Waals surface area contributed by atoms with Crippen LogP contribution in [0.3, 0.4) is 0 Å². The van der Waals surface area contributed by atoms with Gasteiger partial charge < -0.3 is 10.1 Å². The van der Waals surface area contributed by atoms with Gasteiger partial charge in [-0.15, -0.1) is 0 Å². The van der Waals surface area contributed by atoms with E-state index in [2.05, 4.69) is 29.6 Å². The first-order valence-corrected chi connectivity index (χ1v) is 9.32. The van der Waals surface area contributed by atoms with Crippen molar-refractivity contribution in [3.05, 3.63) is 90.5 Å². The van der Waals surface area contributed by atoms with E-state index in [1.54, 1.807) is 0 Å². The van der Waals surface area contributed by atoms with Crippen molar-refractivity contribution in [3.8, 4) is 16.9 Å². The Morgan fingerprint density at radius 1 is 0.852 bits per heavy atom. The summed E-state index contributed by atoms with van der Waals surface area (Å²) in [5, 5.41) is 2.99. The highest BCUT2D eigenvalue weighted by Gasteiger charge is 2.08. The van der Waals surface area contributed by atoms with Gasteiger partial charge in [-0.25, -0.2) is 0 Å². The molecule has 0 saturated heterocycles. The van der Waals surface area contributed by atoms with Crippen LogP contribution in [0.25, 0.3) is 11.1 Å². The minimum atomic E-state index is -0.0947. The summed E-state index contributed by atoms with van der Waals surface area (Å²) in [5.41, 5.74) is 3.57. The standard InChI is InChI=1S/C24H25NO2/c1-19(12-13-20-8-4-2-5-9-20)25-24(26)18-27-23-16-14-22(15-17-23)21-10-6-3-7-11-21/h2-11,14-17,19H,12-13,18H2,1H3,(H,25,26)/t19-/m0/s1. The fourth-order valence-corrected chi connectivity index (χ4v) is 2.94. The summed E-state index contributed by atoms with van der Waals surface area (Å²) in [6.07, 6.45) is 1.85. The molecule has 3 nitrogen and oxygen atoms in total. The lowest BCUT2D eigenvalue weighted by Crippen LogP contribution is -2.36. The van der Waals surface area contributed by atoms with Crippen LogP contribution >= 0.6 is 0 Å². The van der Waals surface area contributed by atoms with E-state index in [9.17, 15) is 4.79 Å². The maximum Gasteiger partial charge on any atom is 0.258 e. The van der Waals surface area contributed by atoms with Gasteiger partial charge in [0.2, 0.25) is 0 Å². The van der Waals surface area contributed by atoms with Gasteiger partial charge in [0.15, 0.2) is 6.61 Å². The second kappa shape index (κ2) is 9.58. The van der Waals surface area contributed by atoms with E-state index >= 15 is 0 Å². The zero-order valence-electron chi connectivity index (χ0n) is 15.6. The molecule has 0 aliphatic heterocycles. The van der Waals surface area contributed by atoms with E-state index in [1.165, 1.54) is 5.56 Å². The molecule has 0 fully saturated rings. The molecule has 3 aromatic carbocycles. The molecule has 0 heterocycles. The Morgan fingerprint density at radius 2 is 1.44 bits per heavy atom. The van der Waals surface area contributed by atoms with E-state index in [0.717, 1.165) is 24.0 Å². The fourth-order valence-electron chi connectivity index (χ4n) is 2.94. The zero-order chi connectivity index (χ0) is 18.9. The normalized spacial score (nSPS) is 11.6. The number of nitrogens with one attached hydrogen (secondary N) is 1. The average Bonchev–Trinajstić information content (AvgIpc) is 2.72. The van der Waals surface area contributed by atoms with E-state index in [0.29, 0.717) is 5.75 Å². The monoisotopic (exact) mass is 359 g/mol. The lowest BCUT2D eigenvalue weighted by atomic mass is 10.1. The highest BCUT2D eigenvalue weighted by atomic mass is 16.5. The van der Waals surface area contributed by atoms with Crippen LogP contribution in [0.1, 0.15) is 18.9 Å². The number of hydrogen-bond donors (Lipinski definition) is 1. The van der Waals surface area contributed by atoms with Crippen molar-refractivity contribution in [2.45, 2.75) is 25.8 Å². The second-order valence-corrected chi connectivity index (χ2v) is 6.67. The molecule has 138 valence electrons. The number of carbonyl (C=O) groups excluding carboxylic acids is 1. The van der Waals surface area contributed by atoms with E-state index < -0.39 is 0 Å². The predicted octanol–water partition coefficient (Wildman–Crippen LogP) is 4.87. The summed E-state index contributed by atoms with van der Waals surface area (Å²) in [4.78, 5) is 12.1. The van der Waals surface area contributed by atoms with E-state index in [-0.39, 0.29) is 18.6 Å². The SMILES string of the molecule is C[C@@H](CCc1ccccc1)NC(=O)COc1ccc(-c2ccccc2)cc1. The van der Waals surface area contributed by atoms with Crippen molar-refractivity contribution in [3.63, 3.8) is 0 Å². The Labute approximate surface area is 161 Å². The number of rotatable bonds is 8. The first-order chi connectivity index (χ1) is 13.2. The van der Waals surface area contributed by atoms with Gasteiger partial charge >= 0.3 is 0 Å². The van der Waals surface area contributed by atoms with E-state index in [1.807, 2.05) is 67.6 Å². The molecular formula is C24H25NO2. The molecule has 3 aromatic rings. The van der Waals surface area contributed by atoms with Crippen LogP contribution in [0.15, 0.2) is 84.9 Å². The highest BCUT2D eigenvalue weighted by Crippen LogP contribution is 2.21. The van der Waals surface area contributed by atoms with E-state index in [4.69, 9.17) is 4.74 Å². The maximum absolute atomic E-state index is 12.1. The Kier molecular flexibility index (Phi) is 6.64. The van der Waals surface area contributed by atoms with Crippen LogP contribution in [0.4, 0.5) is 0 Å². The Bertz CT molecular complexity index is 829. The molecule has 0 aliphatic carbocycles. The second-order valence-electron chi connectivity index (χ2n) is 6.67. The third kappa shape index (κ3) is 6.00. The molecule has 0 unspecified atom stereocenters. The van der Waals surface area contributed by atoms with Gasteiger partial charge in [0, 0.05) is 6.04 Å². The lowest BCUT2D eigenvalue weighted by Gasteiger charge is -2.14. The molecule has 1 N–H and O–H groups in total. The molecule has 1 amide bonds. The molecule has 27 heavy (non-hydrogen) atoms. The van der Waals surface area contributed by atoms with Gasteiger partial charge in [-0.2, -0.15) is 0 Å². The largest absolute Gasteiger partial charge is 0.484 e. The van der Waals surface area contributed by atoms with Crippen molar-refractivity contribution in [1.82, 2.24) is 5.32 Å². The molecule has 3 heteroatoms. The minimum absolute atomic E-state index is 0.0281. The number of benzene rings is 3. The van der Waals surface area contributed by atoms with Gasteiger partial charge in [-0.3, -0.25) is 4.79 Å². The van der Waals surface area contributed by atoms with Crippen molar-refractivity contribution in [1.29, 1.82) is 0 Å². The predicted molar refractivity (Wildman–Crippen MR) is 110 cm³/mol. The van der Waals surface area contributed by atoms with Gasteiger partial charge in [-0.05, 0) is 48.6 Å². The molecular weight excluding hydrogens is 334 g/mol. The van der Waals surface area contributed by atoms with Crippen LogP contribution < -0.4 is 10.1 Å². The fraction of sp³-hybridized carbons (Fsp3) is 0.208. The molecule has 0 spiro atoms. The highest BCUT2D eigenvalue weighted by molar-refractivity contribution is 5.77. The number of carbonyl (C=O) groups is 1. The first-order valence-electron chi connectivity index (χ1n) is 9.32. The molecule has 0 saturated carbocycles. The summed E-state index contributed by atoms with van der Waals surface area (Å²) in [6.45, 7) is 2.05. The Morgan fingerprint density at radius 3 is 2.11 bits per heavy atom. The lowest BCUT2D eigenvalue weighted by molar-refractivity contribution is -0.123. The summed E-state index contributed by atoms with van der Waals surface area (Å²) in [5.74, 6) is 0.601. The third-order valence-electron chi connectivity index (χ3n) is 4.45. The van der Waals surface area contributed by atoms with Crippen molar-refractivity contribution >= 4 is 5.91 Å². The Hall–Kier alpha value is -3.07. The van der Waals surface area contributed by atoms with Crippen LogP contribution in [-0.2, 0) is 11.2 Å². The minimum Gasteiger partial charge on any atom is -0.484 e. The molecule has 0 aromatic heterocycles. The van der Waals surface area contributed by atoms with Crippen molar-refractivity contribution in [2.75, 3.05) is 6.61 Å². The molecule has 0 bridgehead atoms. The first kappa shape index (κ1) is 18.7.